The van der Waals surface area contributed by atoms with Gasteiger partial charge in [-0.1, -0.05) is 24.3 Å². The van der Waals surface area contributed by atoms with Crippen LogP contribution in [0.3, 0.4) is 0 Å². The number of hydrogen-bond acceptors (Lipinski definition) is 6. The van der Waals surface area contributed by atoms with E-state index in [2.05, 4.69) is 10.6 Å². The molecule has 142 valence electrons. The number of para-hydroxylation sites is 3. The fourth-order valence-corrected chi connectivity index (χ4v) is 2.43. The van der Waals surface area contributed by atoms with Crippen molar-refractivity contribution >= 4 is 23.4 Å². The van der Waals surface area contributed by atoms with E-state index in [-0.39, 0.29) is 11.6 Å². The SMILES string of the molecule is COc1cccc(/C=C/C(=O)NCCNc2ccccc2[N+](=O)[O-])c1OC. The molecule has 27 heavy (non-hydrogen) atoms. The second-order valence-corrected chi connectivity index (χ2v) is 5.41. The Morgan fingerprint density at radius 3 is 2.59 bits per heavy atom. The maximum absolute atomic E-state index is 12.0. The van der Waals surface area contributed by atoms with Gasteiger partial charge < -0.3 is 20.1 Å². The van der Waals surface area contributed by atoms with E-state index < -0.39 is 4.92 Å². The fourth-order valence-electron chi connectivity index (χ4n) is 2.43. The lowest BCUT2D eigenvalue weighted by Gasteiger charge is -2.10. The summed E-state index contributed by atoms with van der Waals surface area (Å²) in [6.07, 6.45) is 3.02. The van der Waals surface area contributed by atoms with Crippen LogP contribution in [0.1, 0.15) is 5.56 Å². The topological polar surface area (TPSA) is 103 Å². The van der Waals surface area contributed by atoms with Crippen molar-refractivity contribution in [3.63, 3.8) is 0 Å². The Morgan fingerprint density at radius 1 is 1.11 bits per heavy atom. The number of nitro benzene ring substituents is 1. The highest BCUT2D eigenvalue weighted by atomic mass is 16.6. The Balaban J connectivity index is 1.87. The van der Waals surface area contributed by atoms with Gasteiger partial charge in [-0.25, -0.2) is 0 Å². The van der Waals surface area contributed by atoms with E-state index in [9.17, 15) is 14.9 Å². The van der Waals surface area contributed by atoms with Crippen LogP contribution in [0.15, 0.2) is 48.5 Å². The maximum atomic E-state index is 12.0. The van der Waals surface area contributed by atoms with Crippen LogP contribution in [0, 0.1) is 10.1 Å². The number of nitrogens with zero attached hydrogens (tertiary/aromatic N) is 1. The minimum absolute atomic E-state index is 0.00570. The molecule has 0 aliphatic rings. The smallest absolute Gasteiger partial charge is 0.292 e. The van der Waals surface area contributed by atoms with Crippen molar-refractivity contribution in [3.05, 3.63) is 64.2 Å². The molecule has 2 aromatic carbocycles. The lowest BCUT2D eigenvalue weighted by molar-refractivity contribution is -0.384. The quantitative estimate of drug-likeness (QED) is 0.304. The zero-order valence-corrected chi connectivity index (χ0v) is 15.1. The first-order valence-corrected chi connectivity index (χ1v) is 8.21. The summed E-state index contributed by atoms with van der Waals surface area (Å²) in [7, 11) is 3.08. The Labute approximate surface area is 156 Å². The molecule has 8 heteroatoms. The molecule has 0 saturated carbocycles. The van der Waals surface area contributed by atoms with Crippen LogP contribution < -0.4 is 20.1 Å². The lowest BCUT2D eigenvalue weighted by atomic mass is 10.1. The molecule has 0 radical (unpaired) electrons. The molecule has 0 aromatic heterocycles. The molecule has 0 aliphatic heterocycles. The van der Waals surface area contributed by atoms with Gasteiger partial charge in [0.2, 0.25) is 5.91 Å². The first kappa shape index (κ1) is 19.8. The van der Waals surface area contributed by atoms with Gasteiger partial charge in [0, 0.05) is 30.8 Å². The third-order valence-corrected chi connectivity index (χ3v) is 3.69. The fraction of sp³-hybridized carbons (Fsp3) is 0.211. The Morgan fingerprint density at radius 2 is 1.89 bits per heavy atom. The average molecular weight is 371 g/mol. The molecule has 0 saturated heterocycles. The largest absolute Gasteiger partial charge is 0.493 e. The predicted octanol–water partition coefficient (Wildman–Crippen LogP) is 2.85. The van der Waals surface area contributed by atoms with E-state index in [1.165, 1.54) is 19.3 Å². The van der Waals surface area contributed by atoms with Crippen LogP contribution in [0.5, 0.6) is 11.5 Å². The van der Waals surface area contributed by atoms with Crippen molar-refractivity contribution in [2.75, 3.05) is 32.6 Å². The number of amides is 1. The number of rotatable bonds is 9. The summed E-state index contributed by atoms with van der Waals surface area (Å²) < 4.78 is 10.5. The van der Waals surface area contributed by atoms with Gasteiger partial charge in [-0.3, -0.25) is 14.9 Å². The second-order valence-electron chi connectivity index (χ2n) is 5.41. The average Bonchev–Trinajstić information content (AvgIpc) is 2.69. The van der Waals surface area contributed by atoms with Gasteiger partial charge in [-0.05, 0) is 18.2 Å². The van der Waals surface area contributed by atoms with Gasteiger partial charge in [0.15, 0.2) is 11.5 Å². The summed E-state index contributed by atoms with van der Waals surface area (Å²) in [5, 5.41) is 16.6. The van der Waals surface area contributed by atoms with Gasteiger partial charge in [0.25, 0.3) is 5.69 Å². The number of nitrogens with one attached hydrogen (secondary N) is 2. The van der Waals surface area contributed by atoms with E-state index in [1.807, 2.05) is 0 Å². The molecule has 0 fully saturated rings. The zero-order valence-electron chi connectivity index (χ0n) is 15.1. The summed E-state index contributed by atoms with van der Waals surface area (Å²) in [6.45, 7) is 0.664. The molecule has 0 bridgehead atoms. The van der Waals surface area contributed by atoms with E-state index in [0.717, 1.165) is 0 Å². The number of nitro groups is 1. The number of carbonyl (C=O) groups excluding carboxylic acids is 1. The van der Waals surface area contributed by atoms with Crippen molar-refractivity contribution < 1.29 is 19.2 Å². The van der Waals surface area contributed by atoms with Crippen LogP contribution in [0.2, 0.25) is 0 Å². The van der Waals surface area contributed by atoms with Crippen LogP contribution in [-0.2, 0) is 4.79 Å². The molecule has 2 rings (SSSR count). The van der Waals surface area contributed by atoms with Crippen molar-refractivity contribution in [2.24, 2.45) is 0 Å². The molecule has 0 heterocycles. The summed E-state index contributed by atoms with van der Waals surface area (Å²) in [5.41, 5.74) is 1.12. The number of methoxy groups -OCH3 is 2. The van der Waals surface area contributed by atoms with Crippen LogP contribution in [0.4, 0.5) is 11.4 Å². The van der Waals surface area contributed by atoms with Gasteiger partial charge in [-0.2, -0.15) is 0 Å². The summed E-state index contributed by atoms with van der Waals surface area (Å²) in [5.74, 6) is 0.833. The highest BCUT2D eigenvalue weighted by molar-refractivity contribution is 5.92. The second kappa shape index (κ2) is 9.81. The van der Waals surface area contributed by atoms with Crippen LogP contribution in [-0.4, -0.2) is 38.1 Å². The van der Waals surface area contributed by atoms with Crippen molar-refractivity contribution in [1.29, 1.82) is 0 Å². The maximum Gasteiger partial charge on any atom is 0.292 e. The predicted molar refractivity (Wildman–Crippen MR) is 103 cm³/mol. The third kappa shape index (κ3) is 5.46. The number of anilines is 1. The van der Waals surface area contributed by atoms with Crippen LogP contribution >= 0.6 is 0 Å². The molecule has 2 N–H and O–H groups in total. The molecule has 0 aliphatic carbocycles. The Bertz CT molecular complexity index is 836. The summed E-state index contributed by atoms with van der Waals surface area (Å²) in [4.78, 5) is 22.4. The van der Waals surface area contributed by atoms with E-state index >= 15 is 0 Å². The van der Waals surface area contributed by atoms with Crippen LogP contribution in [0.25, 0.3) is 6.08 Å². The van der Waals surface area contributed by atoms with E-state index in [0.29, 0.717) is 35.8 Å². The van der Waals surface area contributed by atoms with Gasteiger partial charge in [0.05, 0.1) is 19.1 Å². The third-order valence-electron chi connectivity index (χ3n) is 3.69. The van der Waals surface area contributed by atoms with Crippen molar-refractivity contribution in [2.45, 2.75) is 0 Å². The molecule has 0 unspecified atom stereocenters. The molecule has 8 nitrogen and oxygen atoms in total. The molecule has 2 aromatic rings. The van der Waals surface area contributed by atoms with Gasteiger partial charge in [0.1, 0.15) is 5.69 Å². The molecular weight excluding hydrogens is 350 g/mol. The molecule has 0 atom stereocenters. The molecular formula is C19H21N3O5. The molecule has 1 amide bonds. The van der Waals surface area contributed by atoms with Gasteiger partial charge in [-0.15, -0.1) is 0 Å². The number of hydrogen-bond donors (Lipinski definition) is 2. The van der Waals surface area contributed by atoms with E-state index in [1.54, 1.807) is 49.6 Å². The standard InChI is InChI=1S/C19H21N3O5/c1-26-17-9-5-6-14(19(17)27-2)10-11-18(23)21-13-12-20-15-7-3-4-8-16(15)22(24)25/h3-11,20H,12-13H2,1-2H3,(H,21,23)/b11-10+. The summed E-state index contributed by atoms with van der Waals surface area (Å²) >= 11 is 0. The first-order valence-electron chi connectivity index (χ1n) is 8.21. The van der Waals surface area contributed by atoms with Crippen molar-refractivity contribution in [3.8, 4) is 11.5 Å². The zero-order chi connectivity index (χ0) is 19.6. The normalized spacial score (nSPS) is 10.4. The Hall–Kier alpha value is -3.55. The monoisotopic (exact) mass is 371 g/mol. The number of ether oxygens (including phenoxy) is 2. The van der Waals surface area contributed by atoms with Gasteiger partial charge >= 0.3 is 0 Å². The number of benzene rings is 2. The first-order chi connectivity index (χ1) is 13.1. The van der Waals surface area contributed by atoms with Crippen molar-refractivity contribution in [1.82, 2.24) is 5.32 Å². The minimum atomic E-state index is -0.453. The lowest BCUT2D eigenvalue weighted by Crippen LogP contribution is -2.27. The molecule has 0 spiro atoms. The minimum Gasteiger partial charge on any atom is -0.493 e. The highest BCUT2D eigenvalue weighted by Gasteiger charge is 2.11. The summed E-state index contributed by atoms with van der Waals surface area (Å²) in [6, 6.07) is 11.7. The van der Waals surface area contributed by atoms with E-state index in [4.69, 9.17) is 9.47 Å². The highest BCUT2D eigenvalue weighted by Crippen LogP contribution is 2.31. The Kier molecular flexibility index (Phi) is 7.18. The number of carbonyl (C=O) groups is 1.